The highest BCUT2D eigenvalue weighted by Gasteiger charge is 2.27. The maximum atomic E-state index is 13.0. The van der Waals surface area contributed by atoms with Crippen LogP contribution in [-0.2, 0) is 17.6 Å². The Labute approximate surface area is 169 Å². The molecule has 0 saturated carbocycles. The molecule has 148 valence electrons. The summed E-state index contributed by atoms with van der Waals surface area (Å²) in [5.74, 6) is -0.277. The minimum Gasteiger partial charge on any atom is -0.376 e. The normalized spacial score (nSPS) is 18.5. The smallest absolute Gasteiger partial charge is 0.256 e. The van der Waals surface area contributed by atoms with Gasteiger partial charge in [-0.15, -0.1) is 11.3 Å². The number of carbonyl (C=O) groups excluding carboxylic acids is 2. The summed E-state index contributed by atoms with van der Waals surface area (Å²) in [6.07, 6.45) is 6.23. The first-order valence-corrected chi connectivity index (χ1v) is 10.9. The van der Waals surface area contributed by atoms with Crippen LogP contribution >= 0.6 is 11.3 Å². The summed E-state index contributed by atoms with van der Waals surface area (Å²) >= 11 is 1.55. The van der Waals surface area contributed by atoms with Crippen molar-refractivity contribution in [2.24, 2.45) is 0 Å². The molecule has 2 heterocycles. The van der Waals surface area contributed by atoms with Gasteiger partial charge in [0.15, 0.2) is 0 Å². The SMILES string of the molecule is Cc1ccc(C(=O)Nc2sc3c(c2C(=O)NC[C@@H]2CCCO2)CCCC3)cc1. The monoisotopic (exact) mass is 398 g/mol. The summed E-state index contributed by atoms with van der Waals surface area (Å²) in [4.78, 5) is 27.0. The van der Waals surface area contributed by atoms with E-state index in [2.05, 4.69) is 10.6 Å². The molecule has 28 heavy (non-hydrogen) atoms. The molecule has 5 nitrogen and oxygen atoms in total. The van der Waals surface area contributed by atoms with E-state index in [9.17, 15) is 9.59 Å². The largest absolute Gasteiger partial charge is 0.376 e. The summed E-state index contributed by atoms with van der Waals surface area (Å²) in [7, 11) is 0. The Hall–Kier alpha value is -2.18. The van der Waals surface area contributed by atoms with Crippen LogP contribution in [0.25, 0.3) is 0 Å². The molecule has 0 spiro atoms. The van der Waals surface area contributed by atoms with Crippen LogP contribution in [-0.4, -0.2) is 31.1 Å². The van der Waals surface area contributed by atoms with E-state index < -0.39 is 0 Å². The molecule has 1 aromatic heterocycles. The number of anilines is 1. The molecular formula is C22H26N2O3S. The lowest BCUT2D eigenvalue weighted by atomic mass is 9.95. The number of benzene rings is 1. The summed E-state index contributed by atoms with van der Waals surface area (Å²) in [6, 6.07) is 7.47. The number of amides is 2. The average Bonchev–Trinajstić information content (AvgIpc) is 3.34. The molecule has 1 aromatic carbocycles. The van der Waals surface area contributed by atoms with Crippen molar-refractivity contribution >= 4 is 28.2 Å². The van der Waals surface area contributed by atoms with Crippen molar-refractivity contribution in [3.05, 3.63) is 51.4 Å². The van der Waals surface area contributed by atoms with E-state index in [-0.39, 0.29) is 17.9 Å². The zero-order valence-electron chi connectivity index (χ0n) is 16.2. The Morgan fingerprint density at radius 3 is 2.64 bits per heavy atom. The zero-order chi connectivity index (χ0) is 19.5. The van der Waals surface area contributed by atoms with Crippen LogP contribution in [0.1, 0.15) is 62.4 Å². The second kappa shape index (κ2) is 8.45. The third-order valence-corrected chi connectivity index (χ3v) is 6.66. The van der Waals surface area contributed by atoms with Crippen LogP contribution in [0.15, 0.2) is 24.3 Å². The van der Waals surface area contributed by atoms with Crippen molar-refractivity contribution in [2.45, 2.75) is 51.6 Å². The van der Waals surface area contributed by atoms with E-state index in [0.29, 0.717) is 22.7 Å². The second-order valence-electron chi connectivity index (χ2n) is 7.58. The molecule has 1 aliphatic carbocycles. The fourth-order valence-corrected chi connectivity index (χ4v) is 5.16. The maximum Gasteiger partial charge on any atom is 0.256 e. The van der Waals surface area contributed by atoms with Crippen LogP contribution in [0.5, 0.6) is 0 Å². The molecule has 0 bridgehead atoms. The van der Waals surface area contributed by atoms with E-state index in [1.54, 1.807) is 11.3 Å². The number of fused-ring (bicyclic) bond motifs is 1. The van der Waals surface area contributed by atoms with Crippen molar-refractivity contribution < 1.29 is 14.3 Å². The lowest BCUT2D eigenvalue weighted by molar-refractivity contribution is 0.0858. The Kier molecular flexibility index (Phi) is 5.78. The van der Waals surface area contributed by atoms with Crippen molar-refractivity contribution in [3.8, 4) is 0 Å². The fraction of sp³-hybridized carbons (Fsp3) is 0.455. The quantitative estimate of drug-likeness (QED) is 0.797. The minimum atomic E-state index is -0.174. The van der Waals surface area contributed by atoms with Crippen molar-refractivity contribution in [1.29, 1.82) is 0 Å². The molecule has 0 radical (unpaired) electrons. The minimum absolute atomic E-state index is 0.101. The standard InChI is InChI=1S/C22H26N2O3S/c1-14-8-10-15(11-9-14)20(25)24-22-19(17-6-2-3-7-18(17)28-22)21(26)23-13-16-5-4-12-27-16/h8-11,16H,2-7,12-13H2,1H3,(H,23,26)(H,24,25)/t16-/m0/s1. The van der Waals surface area contributed by atoms with Gasteiger partial charge < -0.3 is 15.4 Å². The maximum absolute atomic E-state index is 13.0. The van der Waals surface area contributed by atoms with Gasteiger partial charge in [-0.25, -0.2) is 0 Å². The first kappa shape index (κ1) is 19.2. The topological polar surface area (TPSA) is 67.4 Å². The number of rotatable bonds is 5. The zero-order valence-corrected chi connectivity index (χ0v) is 17.0. The number of thiophene rings is 1. The van der Waals surface area contributed by atoms with Crippen LogP contribution in [0.4, 0.5) is 5.00 Å². The van der Waals surface area contributed by atoms with E-state index in [0.717, 1.165) is 56.3 Å². The Balaban J connectivity index is 1.55. The summed E-state index contributed by atoms with van der Waals surface area (Å²) in [5.41, 5.74) is 3.47. The first-order valence-electron chi connectivity index (χ1n) is 10.0. The summed E-state index contributed by atoms with van der Waals surface area (Å²) in [6.45, 7) is 3.28. The summed E-state index contributed by atoms with van der Waals surface area (Å²) in [5, 5.41) is 6.70. The van der Waals surface area contributed by atoms with Crippen LogP contribution in [0, 0.1) is 6.92 Å². The van der Waals surface area contributed by atoms with Gasteiger partial charge in [0.1, 0.15) is 5.00 Å². The molecule has 6 heteroatoms. The Morgan fingerprint density at radius 1 is 1.11 bits per heavy atom. The Morgan fingerprint density at radius 2 is 1.89 bits per heavy atom. The van der Waals surface area contributed by atoms with Gasteiger partial charge in [-0.3, -0.25) is 9.59 Å². The molecule has 2 N–H and O–H groups in total. The van der Waals surface area contributed by atoms with Crippen molar-refractivity contribution in [3.63, 3.8) is 0 Å². The van der Waals surface area contributed by atoms with Crippen molar-refractivity contribution in [2.75, 3.05) is 18.5 Å². The van der Waals surface area contributed by atoms with Gasteiger partial charge >= 0.3 is 0 Å². The van der Waals surface area contributed by atoms with Crippen LogP contribution in [0.3, 0.4) is 0 Å². The van der Waals surface area contributed by atoms with Gasteiger partial charge in [-0.05, 0) is 63.1 Å². The first-order chi connectivity index (χ1) is 13.6. The van der Waals surface area contributed by atoms with Gasteiger partial charge in [0, 0.05) is 23.6 Å². The van der Waals surface area contributed by atoms with Crippen LogP contribution < -0.4 is 10.6 Å². The number of carbonyl (C=O) groups is 2. The highest BCUT2D eigenvalue weighted by molar-refractivity contribution is 7.17. The van der Waals surface area contributed by atoms with E-state index in [1.807, 2.05) is 31.2 Å². The van der Waals surface area contributed by atoms with Crippen molar-refractivity contribution in [1.82, 2.24) is 5.32 Å². The number of hydrogen-bond acceptors (Lipinski definition) is 4. The van der Waals surface area contributed by atoms with Gasteiger partial charge in [0.2, 0.25) is 0 Å². The van der Waals surface area contributed by atoms with Crippen LogP contribution in [0.2, 0.25) is 0 Å². The molecule has 1 fully saturated rings. The molecule has 1 saturated heterocycles. The number of aryl methyl sites for hydroxylation is 2. The Bertz CT molecular complexity index is 867. The number of nitrogens with one attached hydrogen (secondary N) is 2. The van der Waals surface area contributed by atoms with E-state index in [4.69, 9.17) is 4.74 Å². The molecule has 1 atom stereocenters. The third-order valence-electron chi connectivity index (χ3n) is 5.45. The van der Waals surface area contributed by atoms with Gasteiger partial charge in [-0.2, -0.15) is 0 Å². The number of hydrogen-bond donors (Lipinski definition) is 2. The van der Waals surface area contributed by atoms with Gasteiger partial charge in [0.25, 0.3) is 11.8 Å². The predicted octanol–water partition coefficient (Wildman–Crippen LogP) is 4.10. The lowest BCUT2D eigenvalue weighted by Gasteiger charge is -2.15. The molecular weight excluding hydrogens is 372 g/mol. The molecule has 2 aliphatic rings. The lowest BCUT2D eigenvalue weighted by Crippen LogP contribution is -2.32. The predicted molar refractivity (Wildman–Crippen MR) is 111 cm³/mol. The molecule has 4 rings (SSSR count). The van der Waals surface area contributed by atoms with Gasteiger partial charge in [0.05, 0.1) is 11.7 Å². The average molecular weight is 399 g/mol. The van der Waals surface area contributed by atoms with E-state index in [1.165, 1.54) is 4.88 Å². The molecule has 1 aliphatic heterocycles. The highest BCUT2D eigenvalue weighted by atomic mass is 32.1. The second-order valence-corrected chi connectivity index (χ2v) is 8.69. The van der Waals surface area contributed by atoms with Gasteiger partial charge in [-0.1, -0.05) is 17.7 Å². The summed E-state index contributed by atoms with van der Waals surface area (Å²) < 4.78 is 5.61. The molecule has 2 aromatic rings. The molecule has 2 amide bonds. The fourth-order valence-electron chi connectivity index (χ4n) is 3.87. The number of ether oxygens (including phenoxy) is 1. The molecule has 0 unspecified atom stereocenters. The highest BCUT2D eigenvalue weighted by Crippen LogP contribution is 2.38. The third kappa shape index (κ3) is 4.13. The van der Waals surface area contributed by atoms with E-state index >= 15 is 0 Å².